The molecule has 0 bridgehead atoms. The van der Waals surface area contributed by atoms with E-state index in [1.165, 1.54) is 17.4 Å². The largest absolute Gasteiger partial charge is 0.348 e. The molecular weight excluding hydrogens is 364 g/mol. The van der Waals surface area contributed by atoms with Crippen molar-refractivity contribution in [1.82, 2.24) is 19.8 Å². The highest BCUT2D eigenvalue weighted by Crippen LogP contribution is 2.23. The Morgan fingerprint density at radius 2 is 2.26 bits per heavy atom. The van der Waals surface area contributed by atoms with Crippen LogP contribution in [0.5, 0.6) is 0 Å². The number of rotatable bonds is 5. The molecular formula is C18H22N6O2S. The van der Waals surface area contributed by atoms with Crippen LogP contribution in [0.2, 0.25) is 0 Å². The zero-order valence-corrected chi connectivity index (χ0v) is 16.4. The third-order valence-corrected chi connectivity index (χ3v) is 5.57. The summed E-state index contributed by atoms with van der Waals surface area (Å²) < 4.78 is 0. The lowest BCUT2D eigenvalue weighted by Crippen LogP contribution is -2.36. The van der Waals surface area contributed by atoms with Crippen LogP contribution in [0.25, 0.3) is 0 Å². The van der Waals surface area contributed by atoms with Gasteiger partial charge in [-0.15, -0.1) is 11.3 Å². The topological polar surface area (TPSA) is 96.3 Å². The first-order valence-corrected chi connectivity index (χ1v) is 9.51. The van der Waals surface area contributed by atoms with Gasteiger partial charge in [-0.2, -0.15) is 5.26 Å². The number of carbonyl (C=O) groups is 1. The zero-order valence-electron chi connectivity index (χ0n) is 15.6. The first-order valence-electron chi connectivity index (χ1n) is 8.63. The quantitative estimate of drug-likeness (QED) is 0.827. The number of aromatic amines is 1. The van der Waals surface area contributed by atoms with Crippen LogP contribution in [0, 0.1) is 11.3 Å². The fourth-order valence-electron chi connectivity index (χ4n) is 3.16. The summed E-state index contributed by atoms with van der Waals surface area (Å²) in [5, 5.41) is 10.9. The number of aromatic nitrogens is 2. The molecule has 0 aromatic carbocycles. The number of thiophene rings is 1. The Bertz CT molecular complexity index is 928. The average Bonchev–Trinajstić information content (AvgIpc) is 3.30. The lowest BCUT2D eigenvalue weighted by Gasteiger charge is -2.24. The van der Waals surface area contributed by atoms with Gasteiger partial charge in [-0.3, -0.25) is 19.5 Å². The van der Waals surface area contributed by atoms with Crippen LogP contribution in [0.1, 0.15) is 27.3 Å². The van der Waals surface area contributed by atoms with Crippen molar-refractivity contribution in [2.45, 2.75) is 19.0 Å². The van der Waals surface area contributed by atoms with Crippen LogP contribution >= 0.6 is 11.3 Å². The fourth-order valence-corrected chi connectivity index (χ4v) is 3.97. The van der Waals surface area contributed by atoms with Gasteiger partial charge in [0.2, 0.25) is 5.95 Å². The second-order valence-electron chi connectivity index (χ2n) is 6.84. The summed E-state index contributed by atoms with van der Waals surface area (Å²) in [6.07, 6.45) is 0.846. The van der Waals surface area contributed by atoms with Crippen molar-refractivity contribution < 1.29 is 4.79 Å². The van der Waals surface area contributed by atoms with E-state index in [0.717, 1.165) is 6.42 Å². The number of hydrogen-bond acceptors (Lipinski definition) is 7. The lowest BCUT2D eigenvalue weighted by molar-refractivity contribution is 0.0784. The Hall–Kier alpha value is -2.70. The third kappa shape index (κ3) is 4.18. The molecule has 27 heavy (non-hydrogen) atoms. The van der Waals surface area contributed by atoms with Crippen molar-refractivity contribution in [2.24, 2.45) is 0 Å². The minimum absolute atomic E-state index is 0.0818. The van der Waals surface area contributed by atoms with Crippen LogP contribution in [0.4, 0.5) is 5.95 Å². The SMILES string of the molecule is CN(C)c1nc(CN(C)[C@H]2CCN(C(=O)c3sccc3C#N)C2)cc(=O)[nH]1. The van der Waals surface area contributed by atoms with E-state index in [0.29, 0.717) is 41.7 Å². The smallest absolute Gasteiger partial charge is 0.265 e. The molecule has 0 aliphatic carbocycles. The molecule has 1 aliphatic rings. The number of hydrogen-bond donors (Lipinski definition) is 1. The van der Waals surface area contributed by atoms with E-state index in [9.17, 15) is 9.59 Å². The number of H-pyrrole nitrogens is 1. The van der Waals surface area contributed by atoms with Gasteiger partial charge in [-0.05, 0) is 24.9 Å². The first kappa shape index (κ1) is 19.1. The number of carbonyl (C=O) groups excluding carboxylic acids is 1. The number of likely N-dealkylation sites (N-methyl/N-ethyl adjacent to an activating group) is 1. The maximum Gasteiger partial charge on any atom is 0.265 e. The van der Waals surface area contributed by atoms with E-state index in [-0.39, 0.29) is 17.5 Å². The van der Waals surface area contributed by atoms with Crippen molar-refractivity contribution in [2.75, 3.05) is 39.1 Å². The van der Waals surface area contributed by atoms with Gasteiger partial charge < -0.3 is 9.80 Å². The summed E-state index contributed by atoms with van der Waals surface area (Å²) >= 11 is 1.31. The number of anilines is 1. The van der Waals surface area contributed by atoms with Gasteiger partial charge in [-0.25, -0.2) is 4.98 Å². The molecule has 8 nitrogen and oxygen atoms in total. The molecule has 9 heteroatoms. The number of likely N-dealkylation sites (tertiary alicyclic amines) is 1. The van der Waals surface area contributed by atoms with Gasteiger partial charge in [0.15, 0.2) is 0 Å². The van der Waals surface area contributed by atoms with E-state index < -0.39 is 0 Å². The van der Waals surface area contributed by atoms with Crippen LogP contribution < -0.4 is 10.5 Å². The normalized spacial score (nSPS) is 16.6. The Morgan fingerprint density at radius 3 is 2.96 bits per heavy atom. The molecule has 0 radical (unpaired) electrons. The van der Waals surface area contributed by atoms with Gasteiger partial charge in [0.25, 0.3) is 11.5 Å². The van der Waals surface area contributed by atoms with Crippen molar-refractivity contribution in [1.29, 1.82) is 5.26 Å². The summed E-state index contributed by atoms with van der Waals surface area (Å²) in [7, 11) is 5.63. The standard InChI is InChI=1S/C18H22N6O2S/c1-22(2)18-20-13(8-15(25)21-18)10-23(3)14-4-6-24(11-14)17(26)16-12(9-19)5-7-27-16/h5,7-8,14H,4,6,10-11H2,1-3H3,(H,20,21,25)/t14-/m0/s1. The number of nitrogens with zero attached hydrogens (tertiary/aromatic N) is 5. The Kier molecular flexibility index (Phi) is 5.58. The molecule has 3 heterocycles. The molecule has 2 aromatic rings. The molecule has 1 fully saturated rings. The van der Waals surface area contributed by atoms with E-state index in [2.05, 4.69) is 20.9 Å². The summed E-state index contributed by atoms with van der Waals surface area (Å²) in [5.74, 6) is 0.442. The highest BCUT2D eigenvalue weighted by molar-refractivity contribution is 7.12. The maximum atomic E-state index is 12.7. The zero-order chi connectivity index (χ0) is 19.6. The average molecular weight is 386 g/mol. The Labute approximate surface area is 161 Å². The molecule has 1 saturated heterocycles. The minimum atomic E-state index is -0.179. The molecule has 0 unspecified atom stereocenters. The molecule has 3 rings (SSSR count). The van der Waals surface area contributed by atoms with E-state index in [1.54, 1.807) is 21.2 Å². The second-order valence-corrected chi connectivity index (χ2v) is 7.75. The van der Waals surface area contributed by atoms with Gasteiger partial charge in [-0.1, -0.05) is 0 Å². The highest BCUT2D eigenvalue weighted by atomic mass is 32.1. The summed E-state index contributed by atoms with van der Waals surface area (Å²) in [6, 6.07) is 5.44. The third-order valence-electron chi connectivity index (χ3n) is 4.67. The molecule has 1 atom stereocenters. The fraction of sp³-hybridized carbons (Fsp3) is 0.444. The monoisotopic (exact) mass is 386 g/mol. The van der Waals surface area contributed by atoms with Crippen molar-refractivity contribution >= 4 is 23.2 Å². The van der Waals surface area contributed by atoms with Crippen LogP contribution in [-0.2, 0) is 6.54 Å². The predicted octanol–water partition coefficient (Wildman–Crippen LogP) is 1.12. The van der Waals surface area contributed by atoms with Crippen molar-refractivity contribution in [3.05, 3.63) is 44.0 Å². The van der Waals surface area contributed by atoms with Gasteiger partial charge in [0, 0.05) is 45.8 Å². The number of nitriles is 1. The highest BCUT2D eigenvalue weighted by Gasteiger charge is 2.31. The maximum absolute atomic E-state index is 12.7. The van der Waals surface area contributed by atoms with Gasteiger partial charge >= 0.3 is 0 Å². The summed E-state index contributed by atoms with van der Waals surface area (Å²) in [5.41, 5.74) is 0.951. The number of amides is 1. The minimum Gasteiger partial charge on any atom is -0.348 e. The van der Waals surface area contributed by atoms with Crippen molar-refractivity contribution in [3.63, 3.8) is 0 Å². The molecule has 2 aromatic heterocycles. The van der Waals surface area contributed by atoms with Gasteiger partial charge in [0.1, 0.15) is 10.9 Å². The summed E-state index contributed by atoms with van der Waals surface area (Å²) in [6.45, 7) is 1.78. The van der Waals surface area contributed by atoms with E-state index in [4.69, 9.17) is 5.26 Å². The lowest BCUT2D eigenvalue weighted by atomic mass is 10.2. The van der Waals surface area contributed by atoms with E-state index in [1.807, 2.05) is 21.1 Å². The van der Waals surface area contributed by atoms with E-state index >= 15 is 0 Å². The molecule has 1 N–H and O–H groups in total. The Balaban J connectivity index is 1.66. The first-order chi connectivity index (χ1) is 12.9. The molecule has 142 valence electrons. The molecule has 1 aliphatic heterocycles. The summed E-state index contributed by atoms with van der Waals surface area (Å²) in [4.78, 5) is 37.9. The Morgan fingerprint density at radius 1 is 1.48 bits per heavy atom. The van der Waals surface area contributed by atoms with Crippen molar-refractivity contribution in [3.8, 4) is 6.07 Å². The second kappa shape index (κ2) is 7.90. The van der Waals surface area contributed by atoms with Gasteiger partial charge in [0.05, 0.1) is 11.3 Å². The van der Waals surface area contributed by atoms with Crippen LogP contribution in [0.15, 0.2) is 22.3 Å². The molecule has 1 amide bonds. The predicted molar refractivity (Wildman–Crippen MR) is 104 cm³/mol. The molecule has 0 spiro atoms. The van der Waals surface area contributed by atoms with Crippen LogP contribution in [0.3, 0.4) is 0 Å². The number of nitrogens with one attached hydrogen (secondary N) is 1. The van der Waals surface area contributed by atoms with Crippen LogP contribution in [-0.4, -0.2) is 65.9 Å². The molecule has 0 saturated carbocycles.